The number of aromatic nitrogens is 6. The molecule has 0 bridgehead atoms. The smallest absolute Gasteiger partial charge is 0.261 e. The minimum absolute atomic E-state index is 0.113. The highest BCUT2D eigenvalue weighted by Crippen LogP contribution is 2.29. The van der Waals surface area contributed by atoms with E-state index in [1.807, 2.05) is 13.0 Å². The third-order valence-corrected chi connectivity index (χ3v) is 5.30. The number of hydrogen-bond acceptors (Lipinski definition) is 4. The van der Waals surface area contributed by atoms with E-state index in [9.17, 15) is 9.18 Å². The fraction of sp³-hybridized carbons (Fsp3) is 0.182. The molecule has 8 heteroatoms. The SMILES string of the molecule is CCc1nn2c(ncc3c(=O)n(CCc4cnc[nH]4)ccc32)c1-c1ccc(F)cc1. The molecule has 0 saturated heterocycles. The molecule has 4 heterocycles. The summed E-state index contributed by atoms with van der Waals surface area (Å²) in [5.74, 6) is -0.289. The van der Waals surface area contributed by atoms with Crippen molar-refractivity contribution in [2.45, 2.75) is 26.3 Å². The van der Waals surface area contributed by atoms with Crippen molar-refractivity contribution in [3.63, 3.8) is 0 Å². The van der Waals surface area contributed by atoms with Crippen molar-refractivity contribution >= 4 is 16.6 Å². The van der Waals surface area contributed by atoms with E-state index >= 15 is 0 Å². The van der Waals surface area contributed by atoms with E-state index < -0.39 is 0 Å². The maximum Gasteiger partial charge on any atom is 0.261 e. The largest absolute Gasteiger partial charge is 0.348 e. The summed E-state index contributed by atoms with van der Waals surface area (Å²) in [6, 6.07) is 8.20. The molecular formula is C22H19FN6O. The fourth-order valence-corrected chi connectivity index (χ4v) is 3.75. The number of H-pyrrole nitrogens is 1. The van der Waals surface area contributed by atoms with Crippen molar-refractivity contribution in [2.24, 2.45) is 0 Å². The quantitative estimate of drug-likeness (QED) is 0.489. The lowest BCUT2D eigenvalue weighted by Crippen LogP contribution is -2.21. The van der Waals surface area contributed by atoms with Crippen molar-refractivity contribution in [1.29, 1.82) is 0 Å². The summed E-state index contributed by atoms with van der Waals surface area (Å²) in [6.45, 7) is 2.55. The van der Waals surface area contributed by atoms with Crippen LogP contribution in [0.25, 0.3) is 27.7 Å². The monoisotopic (exact) mass is 402 g/mol. The zero-order valence-corrected chi connectivity index (χ0v) is 16.3. The molecule has 0 amide bonds. The molecule has 1 N–H and O–H groups in total. The first-order valence-corrected chi connectivity index (χ1v) is 9.78. The minimum Gasteiger partial charge on any atom is -0.348 e. The van der Waals surface area contributed by atoms with Crippen LogP contribution in [0.15, 0.2) is 60.0 Å². The molecule has 0 radical (unpaired) electrons. The second kappa shape index (κ2) is 7.22. The van der Waals surface area contributed by atoms with Crippen LogP contribution in [0.1, 0.15) is 18.3 Å². The lowest BCUT2D eigenvalue weighted by atomic mass is 10.0. The van der Waals surface area contributed by atoms with Gasteiger partial charge in [-0.1, -0.05) is 19.1 Å². The average molecular weight is 402 g/mol. The van der Waals surface area contributed by atoms with Gasteiger partial charge in [-0.2, -0.15) is 5.10 Å². The van der Waals surface area contributed by atoms with Gasteiger partial charge in [0, 0.05) is 42.8 Å². The Labute approximate surface area is 170 Å². The van der Waals surface area contributed by atoms with Crippen LogP contribution in [0.3, 0.4) is 0 Å². The summed E-state index contributed by atoms with van der Waals surface area (Å²) < 4.78 is 16.8. The number of nitrogens with zero attached hydrogens (tertiary/aromatic N) is 5. The molecule has 1 aromatic carbocycles. The Morgan fingerprint density at radius 3 is 2.70 bits per heavy atom. The van der Waals surface area contributed by atoms with Gasteiger partial charge in [-0.3, -0.25) is 4.79 Å². The molecule has 0 saturated carbocycles. The normalized spacial score (nSPS) is 11.5. The Kier molecular flexibility index (Phi) is 4.39. The molecule has 7 nitrogen and oxygen atoms in total. The van der Waals surface area contributed by atoms with Crippen LogP contribution in [0.2, 0.25) is 0 Å². The average Bonchev–Trinajstić information content (AvgIpc) is 3.41. The third kappa shape index (κ3) is 2.97. The van der Waals surface area contributed by atoms with Gasteiger partial charge in [0.05, 0.1) is 22.9 Å². The maximum absolute atomic E-state index is 13.4. The molecule has 0 fully saturated rings. The summed E-state index contributed by atoms with van der Waals surface area (Å²) in [7, 11) is 0. The Balaban J connectivity index is 1.64. The predicted octanol–water partition coefficient (Wildman–Crippen LogP) is 3.38. The van der Waals surface area contributed by atoms with E-state index in [0.29, 0.717) is 35.9 Å². The van der Waals surface area contributed by atoms with E-state index in [-0.39, 0.29) is 11.4 Å². The van der Waals surface area contributed by atoms with Crippen LogP contribution in [0, 0.1) is 5.82 Å². The number of hydrogen-bond donors (Lipinski definition) is 1. The van der Waals surface area contributed by atoms with Crippen molar-refractivity contribution in [3.05, 3.63) is 82.8 Å². The number of fused-ring (bicyclic) bond motifs is 3. The van der Waals surface area contributed by atoms with E-state index in [1.165, 1.54) is 12.1 Å². The van der Waals surface area contributed by atoms with Gasteiger partial charge in [0.15, 0.2) is 5.65 Å². The van der Waals surface area contributed by atoms with Gasteiger partial charge >= 0.3 is 0 Å². The van der Waals surface area contributed by atoms with Crippen LogP contribution in [-0.2, 0) is 19.4 Å². The molecule has 0 atom stereocenters. The Morgan fingerprint density at radius 2 is 1.97 bits per heavy atom. The number of pyridine rings is 1. The van der Waals surface area contributed by atoms with Gasteiger partial charge < -0.3 is 9.55 Å². The molecule has 0 aliphatic carbocycles. The lowest BCUT2D eigenvalue weighted by Gasteiger charge is -2.07. The van der Waals surface area contributed by atoms with Gasteiger partial charge in [0.1, 0.15) is 5.82 Å². The highest BCUT2D eigenvalue weighted by Gasteiger charge is 2.17. The number of aromatic amines is 1. The van der Waals surface area contributed by atoms with Crippen LogP contribution < -0.4 is 5.56 Å². The first-order valence-electron chi connectivity index (χ1n) is 9.78. The van der Waals surface area contributed by atoms with Crippen molar-refractivity contribution < 1.29 is 4.39 Å². The molecule has 0 aliphatic rings. The highest BCUT2D eigenvalue weighted by molar-refractivity contribution is 5.86. The molecular weight excluding hydrogens is 383 g/mol. The topological polar surface area (TPSA) is 80.9 Å². The minimum atomic E-state index is -0.289. The van der Waals surface area contributed by atoms with Gasteiger partial charge in [-0.25, -0.2) is 18.9 Å². The molecule has 0 spiro atoms. The molecule has 0 aliphatic heterocycles. The molecule has 5 aromatic rings. The Hall–Kier alpha value is -3.81. The lowest BCUT2D eigenvalue weighted by molar-refractivity contribution is 0.628. The Morgan fingerprint density at radius 1 is 1.13 bits per heavy atom. The second-order valence-corrected chi connectivity index (χ2v) is 7.12. The van der Waals surface area contributed by atoms with Gasteiger partial charge in [0.25, 0.3) is 5.56 Å². The van der Waals surface area contributed by atoms with Crippen LogP contribution >= 0.6 is 0 Å². The number of halogens is 1. The zero-order valence-electron chi connectivity index (χ0n) is 16.3. The Bertz CT molecular complexity index is 1400. The standard InChI is InChI=1S/C22H19FN6O/c1-2-18-20(14-3-5-15(23)6-4-14)21-25-12-17-19(29(21)27-18)8-10-28(22(17)30)9-7-16-11-24-13-26-16/h3-6,8,10-13H,2,7,9H2,1H3,(H,24,26). The zero-order chi connectivity index (χ0) is 20.7. The van der Waals surface area contributed by atoms with Gasteiger partial charge in [-0.15, -0.1) is 0 Å². The summed E-state index contributed by atoms with van der Waals surface area (Å²) in [6.07, 6.45) is 8.14. The summed E-state index contributed by atoms with van der Waals surface area (Å²) in [5.41, 5.74) is 4.78. The molecule has 30 heavy (non-hydrogen) atoms. The molecule has 5 rings (SSSR count). The first-order chi connectivity index (χ1) is 14.7. The van der Waals surface area contributed by atoms with E-state index in [1.54, 1.807) is 46.1 Å². The summed E-state index contributed by atoms with van der Waals surface area (Å²) >= 11 is 0. The van der Waals surface area contributed by atoms with Crippen molar-refractivity contribution in [2.75, 3.05) is 0 Å². The van der Waals surface area contributed by atoms with E-state index in [4.69, 9.17) is 5.10 Å². The molecule has 150 valence electrons. The number of aryl methyl sites for hydroxylation is 3. The molecule has 4 aromatic heterocycles. The second-order valence-electron chi connectivity index (χ2n) is 7.12. The highest BCUT2D eigenvalue weighted by atomic mass is 19.1. The van der Waals surface area contributed by atoms with E-state index in [2.05, 4.69) is 15.0 Å². The van der Waals surface area contributed by atoms with Crippen LogP contribution in [-0.4, -0.2) is 29.1 Å². The summed E-state index contributed by atoms with van der Waals surface area (Å²) in [5, 5.41) is 5.22. The first kappa shape index (κ1) is 18.2. The van der Waals surface area contributed by atoms with Gasteiger partial charge in [0.2, 0.25) is 0 Å². The number of imidazole rings is 1. The van der Waals surface area contributed by atoms with Crippen LogP contribution in [0.4, 0.5) is 4.39 Å². The predicted molar refractivity (Wildman–Crippen MR) is 112 cm³/mol. The van der Waals surface area contributed by atoms with E-state index in [0.717, 1.165) is 22.5 Å². The van der Waals surface area contributed by atoms with Crippen molar-refractivity contribution in [3.8, 4) is 11.1 Å². The maximum atomic E-state index is 13.4. The third-order valence-electron chi connectivity index (χ3n) is 5.30. The van der Waals surface area contributed by atoms with Crippen LogP contribution in [0.5, 0.6) is 0 Å². The number of benzene rings is 1. The van der Waals surface area contributed by atoms with Crippen molar-refractivity contribution in [1.82, 2.24) is 29.1 Å². The fourth-order valence-electron chi connectivity index (χ4n) is 3.75. The summed E-state index contributed by atoms with van der Waals surface area (Å²) in [4.78, 5) is 24.6. The van der Waals surface area contributed by atoms with Gasteiger partial charge in [-0.05, 0) is 30.2 Å². The number of nitrogens with one attached hydrogen (secondary N) is 1. The number of rotatable bonds is 5. The molecule has 0 unspecified atom stereocenters.